The minimum absolute atomic E-state index is 0.140. The molecule has 1 aromatic carbocycles. The molecule has 1 unspecified atom stereocenters. The van der Waals surface area contributed by atoms with Crippen LogP contribution in [0.4, 0.5) is 0 Å². The van der Waals surface area contributed by atoms with Crippen LogP contribution in [-0.4, -0.2) is 51.0 Å². The van der Waals surface area contributed by atoms with Gasteiger partial charge in [0, 0.05) is 35.5 Å². The van der Waals surface area contributed by atoms with E-state index in [1.807, 2.05) is 24.6 Å². The summed E-state index contributed by atoms with van der Waals surface area (Å²) in [6.45, 7) is 6.88. The molecule has 1 N–H and O–H groups in total. The molecule has 2 aromatic rings. The van der Waals surface area contributed by atoms with E-state index in [0.717, 1.165) is 43.9 Å². The zero-order valence-electron chi connectivity index (χ0n) is 16.6. The molecular weight excluding hydrogens is 370 g/mol. The molecule has 28 heavy (non-hydrogen) atoms. The number of aromatic nitrogens is 3. The van der Waals surface area contributed by atoms with Crippen LogP contribution in [0, 0.1) is 11.8 Å². The largest absolute Gasteiger partial charge is 0.354 e. The van der Waals surface area contributed by atoms with Crippen LogP contribution in [0.15, 0.2) is 41.4 Å². The number of nitrogens with zero attached hydrogens (tertiary/aromatic N) is 4. The maximum Gasteiger partial charge on any atom is 0.224 e. The minimum Gasteiger partial charge on any atom is -0.354 e. The Hall–Kier alpha value is -1.86. The van der Waals surface area contributed by atoms with Crippen molar-refractivity contribution in [3.63, 3.8) is 0 Å². The number of fused-ring (bicyclic) bond motifs is 3. The Morgan fingerprint density at radius 3 is 2.86 bits per heavy atom. The topological polar surface area (TPSA) is 63.1 Å². The van der Waals surface area contributed by atoms with Crippen LogP contribution in [0.1, 0.15) is 32.4 Å². The number of thioether (sulfide) groups is 1. The van der Waals surface area contributed by atoms with Gasteiger partial charge >= 0.3 is 0 Å². The van der Waals surface area contributed by atoms with Crippen molar-refractivity contribution >= 4 is 17.7 Å². The van der Waals surface area contributed by atoms with Crippen molar-refractivity contribution in [1.29, 1.82) is 0 Å². The summed E-state index contributed by atoms with van der Waals surface area (Å²) in [7, 11) is 0. The molecule has 4 heterocycles. The molecule has 0 saturated carbocycles. The summed E-state index contributed by atoms with van der Waals surface area (Å²) in [6.07, 6.45) is 4.27. The molecule has 3 saturated heterocycles. The Balaban J connectivity index is 1.31. The van der Waals surface area contributed by atoms with Gasteiger partial charge in [-0.3, -0.25) is 14.4 Å². The number of benzene rings is 1. The Morgan fingerprint density at radius 2 is 2.14 bits per heavy atom. The number of hydrogen-bond donors (Lipinski definition) is 1. The number of piperidine rings is 3. The van der Waals surface area contributed by atoms with Crippen molar-refractivity contribution in [2.75, 3.05) is 13.1 Å². The second kappa shape index (κ2) is 8.66. The van der Waals surface area contributed by atoms with E-state index in [0.29, 0.717) is 12.0 Å². The predicted molar refractivity (Wildman–Crippen MR) is 111 cm³/mol. The summed E-state index contributed by atoms with van der Waals surface area (Å²) in [5, 5.41) is 11.8. The highest BCUT2D eigenvalue weighted by Gasteiger charge is 2.43. The van der Waals surface area contributed by atoms with Crippen molar-refractivity contribution in [3.05, 3.63) is 42.2 Å². The first-order chi connectivity index (χ1) is 13.6. The van der Waals surface area contributed by atoms with Gasteiger partial charge in [-0.15, -0.1) is 16.9 Å². The Kier molecular flexibility index (Phi) is 6.01. The van der Waals surface area contributed by atoms with Gasteiger partial charge in [-0.25, -0.2) is 0 Å². The summed E-state index contributed by atoms with van der Waals surface area (Å²) >= 11 is 1.78. The highest BCUT2D eigenvalue weighted by Crippen LogP contribution is 2.37. The lowest BCUT2D eigenvalue weighted by Gasteiger charge is -2.49. The Morgan fingerprint density at radius 1 is 1.32 bits per heavy atom. The van der Waals surface area contributed by atoms with Gasteiger partial charge in [0.1, 0.15) is 0 Å². The Bertz CT molecular complexity index is 793. The lowest BCUT2D eigenvalue weighted by molar-refractivity contribution is -0.133. The van der Waals surface area contributed by atoms with Crippen LogP contribution in [0.3, 0.4) is 0 Å². The van der Waals surface area contributed by atoms with E-state index in [-0.39, 0.29) is 17.9 Å². The highest BCUT2D eigenvalue weighted by atomic mass is 32.2. The van der Waals surface area contributed by atoms with Gasteiger partial charge in [-0.1, -0.05) is 23.4 Å². The fourth-order valence-electron chi connectivity index (χ4n) is 4.40. The number of carbonyl (C=O) groups is 1. The van der Waals surface area contributed by atoms with Gasteiger partial charge in [-0.2, -0.15) is 0 Å². The summed E-state index contributed by atoms with van der Waals surface area (Å²) in [6, 6.07) is 11.0. The molecule has 150 valence electrons. The van der Waals surface area contributed by atoms with Crippen LogP contribution < -0.4 is 5.32 Å². The molecule has 1 amide bonds. The molecular formula is C21H29N5OS. The first-order valence-corrected chi connectivity index (χ1v) is 11.2. The molecule has 7 heteroatoms. The molecule has 3 fully saturated rings. The van der Waals surface area contributed by atoms with E-state index in [9.17, 15) is 4.79 Å². The SMILES string of the molecule is CC(C)NC(=O)[C@H]1CN2CC[C@H]1C[C@@H]2Cn1cc(CSc2ccccc2)nn1. The van der Waals surface area contributed by atoms with Gasteiger partial charge in [-0.05, 0) is 51.3 Å². The molecule has 0 spiro atoms. The fraction of sp³-hybridized carbons (Fsp3) is 0.571. The number of rotatable bonds is 7. The third-order valence-corrected chi connectivity index (χ3v) is 6.81. The van der Waals surface area contributed by atoms with E-state index in [2.05, 4.69) is 51.0 Å². The van der Waals surface area contributed by atoms with Crippen molar-refractivity contribution in [2.24, 2.45) is 11.8 Å². The first kappa shape index (κ1) is 19.5. The number of carbonyl (C=O) groups excluding carboxylic acids is 1. The number of amides is 1. The number of nitrogens with one attached hydrogen (secondary N) is 1. The molecule has 5 rings (SSSR count). The van der Waals surface area contributed by atoms with E-state index in [1.54, 1.807) is 11.8 Å². The molecule has 1 aromatic heterocycles. The lowest BCUT2D eigenvalue weighted by atomic mass is 9.75. The van der Waals surface area contributed by atoms with Gasteiger partial charge in [0.2, 0.25) is 5.91 Å². The summed E-state index contributed by atoms with van der Waals surface area (Å²) in [4.78, 5) is 16.2. The van der Waals surface area contributed by atoms with E-state index in [4.69, 9.17) is 0 Å². The zero-order valence-corrected chi connectivity index (χ0v) is 17.4. The molecule has 2 bridgehead atoms. The summed E-state index contributed by atoms with van der Waals surface area (Å²) < 4.78 is 1.98. The van der Waals surface area contributed by atoms with E-state index in [1.165, 1.54) is 4.90 Å². The monoisotopic (exact) mass is 399 g/mol. The standard InChI is InChI=1S/C21H29N5OS/c1-15(2)22-21(27)20-13-25-9-8-16(20)10-18(25)12-26-11-17(23-24-26)14-28-19-6-4-3-5-7-19/h3-7,11,15-16,18,20H,8-10,12-14H2,1-2H3,(H,22,27)/t16-,18+,20-/m0/s1. The van der Waals surface area contributed by atoms with E-state index < -0.39 is 0 Å². The fourth-order valence-corrected chi connectivity index (χ4v) is 5.20. The van der Waals surface area contributed by atoms with Gasteiger partial charge < -0.3 is 5.32 Å². The normalized spacial score (nSPS) is 26.5. The molecule has 6 nitrogen and oxygen atoms in total. The van der Waals surface area contributed by atoms with Crippen LogP contribution in [-0.2, 0) is 17.1 Å². The molecule has 3 aliphatic heterocycles. The highest BCUT2D eigenvalue weighted by molar-refractivity contribution is 7.98. The second-order valence-electron chi connectivity index (χ2n) is 8.24. The minimum atomic E-state index is 0.140. The van der Waals surface area contributed by atoms with Crippen LogP contribution in [0.25, 0.3) is 0 Å². The van der Waals surface area contributed by atoms with Crippen LogP contribution in [0.2, 0.25) is 0 Å². The molecule has 0 aliphatic carbocycles. The van der Waals surface area contributed by atoms with Crippen molar-refractivity contribution in [2.45, 2.75) is 56.0 Å². The number of hydrogen-bond acceptors (Lipinski definition) is 5. The third kappa shape index (κ3) is 4.58. The summed E-state index contributed by atoms with van der Waals surface area (Å²) in [5.41, 5.74) is 1.01. The van der Waals surface area contributed by atoms with Crippen LogP contribution in [0.5, 0.6) is 0 Å². The Labute approximate surface area is 171 Å². The third-order valence-electron chi connectivity index (χ3n) is 5.76. The maximum absolute atomic E-state index is 12.5. The molecule has 4 atom stereocenters. The van der Waals surface area contributed by atoms with E-state index >= 15 is 0 Å². The van der Waals surface area contributed by atoms with Crippen molar-refractivity contribution < 1.29 is 4.79 Å². The molecule has 0 radical (unpaired) electrons. The predicted octanol–water partition coefficient (Wildman–Crippen LogP) is 2.81. The van der Waals surface area contributed by atoms with Gasteiger partial charge in [0.15, 0.2) is 0 Å². The van der Waals surface area contributed by atoms with Gasteiger partial charge in [0.25, 0.3) is 0 Å². The quantitative estimate of drug-likeness (QED) is 0.726. The van der Waals surface area contributed by atoms with Crippen molar-refractivity contribution in [3.8, 4) is 0 Å². The molecule has 3 aliphatic rings. The van der Waals surface area contributed by atoms with Crippen molar-refractivity contribution in [1.82, 2.24) is 25.2 Å². The second-order valence-corrected chi connectivity index (χ2v) is 9.29. The average molecular weight is 400 g/mol. The van der Waals surface area contributed by atoms with Gasteiger partial charge in [0.05, 0.1) is 18.2 Å². The smallest absolute Gasteiger partial charge is 0.224 e. The summed E-state index contributed by atoms with van der Waals surface area (Å²) in [5.74, 6) is 1.69. The maximum atomic E-state index is 12.5. The zero-order chi connectivity index (χ0) is 19.5. The lowest BCUT2D eigenvalue weighted by Crippen LogP contribution is -2.58. The average Bonchev–Trinajstić information content (AvgIpc) is 3.14. The first-order valence-electron chi connectivity index (χ1n) is 10.2. The van der Waals surface area contributed by atoms with Crippen LogP contribution >= 0.6 is 11.8 Å².